The van der Waals surface area contributed by atoms with Gasteiger partial charge in [0, 0.05) is 36.7 Å². The molecule has 0 aliphatic rings. The van der Waals surface area contributed by atoms with E-state index in [0.717, 1.165) is 10.9 Å². The molecule has 6 nitrogen and oxygen atoms in total. The molecule has 1 rings (SSSR count). The van der Waals surface area contributed by atoms with Gasteiger partial charge in [-0.25, -0.2) is 4.98 Å². The average molecular weight is 357 g/mol. The van der Waals surface area contributed by atoms with E-state index in [1.54, 1.807) is 12.3 Å². The van der Waals surface area contributed by atoms with Crippen LogP contribution in [0.5, 0.6) is 0 Å². The Bertz CT molecular complexity index is 494. The van der Waals surface area contributed by atoms with Crippen LogP contribution < -0.4 is 16.0 Å². The Labute approximate surface area is 133 Å². The number of carbonyl (C=O) groups excluding carboxylic acids is 2. The number of nitrogens with zero attached hydrogens (tertiary/aromatic N) is 1. The van der Waals surface area contributed by atoms with E-state index in [0.29, 0.717) is 31.0 Å². The molecule has 1 aromatic rings. The molecule has 0 unspecified atom stereocenters. The summed E-state index contributed by atoms with van der Waals surface area (Å²) in [5.41, 5.74) is 0.459. The number of carbonyl (C=O) groups is 2. The summed E-state index contributed by atoms with van der Waals surface area (Å²) in [5.74, 6) is 0.230. The molecule has 0 aliphatic carbocycles. The van der Waals surface area contributed by atoms with Gasteiger partial charge in [0.05, 0.1) is 5.56 Å². The van der Waals surface area contributed by atoms with Crippen molar-refractivity contribution >= 4 is 33.6 Å². The Kier molecular flexibility index (Phi) is 7.74. The predicted molar refractivity (Wildman–Crippen MR) is 86.4 cm³/mol. The molecule has 7 heteroatoms. The minimum Gasteiger partial charge on any atom is -0.370 e. The Morgan fingerprint density at radius 2 is 2.00 bits per heavy atom. The molecular weight excluding hydrogens is 336 g/mol. The van der Waals surface area contributed by atoms with Gasteiger partial charge in [0.1, 0.15) is 5.82 Å². The number of hydrogen-bond acceptors (Lipinski definition) is 4. The van der Waals surface area contributed by atoms with Crippen LogP contribution in [0.3, 0.4) is 0 Å². The molecule has 21 heavy (non-hydrogen) atoms. The van der Waals surface area contributed by atoms with Crippen molar-refractivity contribution in [2.24, 2.45) is 0 Å². The number of anilines is 1. The monoisotopic (exact) mass is 356 g/mol. The molecule has 3 N–H and O–H groups in total. The summed E-state index contributed by atoms with van der Waals surface area (Å²) < 4.78 is 0.731. The first kappa shape index (κ1) is 17.4. The number of aromatic nitrogens is 1. The lowest BCUT2D eigenvalue weighted by Gasteiger charge is -2.10. The zero-order valence-corrected chi connectivity index (χ0v) is 13.9. The first-order valence-electron chi connectivity index (χ1n) is 7.02. The predicted octanol–water partition coefficient (Wildman–Crippen LogP) is 1.92. The van der Waals surface area contributed by atoms with E-state index in [9.17, 15) is 9.59 Å². The Morgan fingerprint density at radius 1 is 1.24 bits per heavy atom. The maximum Gasteiger partial charge on any atom is 0.255 e. The number of halogens is 1. The van der Waals surface area contributed by atoms with Crippen molar-refractivity contribution in [3.05, 3.63) is 22.3 Å². The molecular formula is C14H21BrN4O2. The smallest absolute Gasteiger partial charge is 0.255 e. The van der Waals surface area contributed by atoms with Gasteiger partial charge < -0.3 is 16.0 Å². The Morgan fingerprint density at radius 3 is 2.67 bits per heavy atom. The van der Waals surface area contributed by atoms with Gasteiger partial charge in [0.25, 0.3) is 5.91 Å². The standard InChI is InChI=1S/C14H21BrN4O2/c1-3-6-17-12(20)5-7-18-14(21)11-8-10(15)9-19-13(11)16-4-2/h8-9H,3-7H2,1-2H3,(H,16,19)(H,17,20)(H,18,21). The molecule has 1 heterocycles. The van der Waals surface area contributed by atoms with Crippen LogP contribution in [-0.4, -0.2) is 36.4 Å². The maximum atomic E-state index is 12.1. The van der Waals surface area contributed by atoms with Crippen LogP contribution in [0.15, 0.2) is 16.7 Å². The normalized spacial score (nSPS) is 10.0. The van der Waals surface area contributed by atoms with Crippen LogP contribution in [0, 0.1) is 0 Å². The third-order valence-electron chi connectivity index (χ3n) is 2.65. The largest absolute Gasteiger partial charge is 0.370 e. The van der Waals surface area contributed by atoms with Gasteiger partial charge in [0.15, 0.2) is 0 Å². The minimum atomic E-state index is -0.247. The summed E-state index contributed by atoms with van der Waals surface area (Å²) in [5, 5.41) is 8.54. The fourth-order valence-corrected chi connectivity index (χ4v) is 1.99. The van der Waals surface area contributed by atoms with E-state index in [1.807, 2.05) is 13.8 Å². The van der Waals surface area contributed by atoms with Gasteiger partial charge in [-0.15, -0.1) is 0 Å². The van der Waals surface area contributed by atoms with Crippen LogP contribution >= 0.6 is 15.9 Å². The average Bonchev–Trinajstić information content (AvgIpc) is 2.47. The van der Waals surface area contributed by atoms with Gasteiger partial charge in [-0.05, 0) is 35.3 Å². The van der Waals surface area contributed by atoms with Gasteiger partial charge >= 0.3 is 0 Å². The van der Waals surface area contributed by atoms with Crippen LogP contribution in [0.4, 0.5) is 5.82 Å². The van der Waals surface area contributed by atoms with Crippen molar-refractivity contribution in [1.82, 2.24) is 15.6 Å². The van der Waals surface area contributed by atoms with Crippen molar-refractivity contribution in [3.63, 3.8) is 0 Å². The molecule has 0 aromatic carbocycles. The molecule has 0 spiro atoms. The molecule has 0 saturated carbocycles. The second-order valence-electron chi connectivity index (χ2n) is 4.44. The molecule has 0 saturated heterocycles. The molecule has 2 amide bonds. The summed E-state index contributed by atoms with van der Waals surface area (Å²) in [6, 6.07) is 1.71. The highest BCUT2D eigenvalue weighted by atomic mass is 79.9. The van der Waals surface area contributed by atoms with Gasteiger partial charge in [-0.3, -0.25) is 9.59 Å². The maximum absolute atomic E-state index is 12.1. The van der Waals surface area contributed by atoms with Crippen LogP contribution in [0.2, 0.25) is 0 Å². The van der Waals surface area contributed by atoms with E-state index in [1.165, 1.54) is 0 Å². The summed E-state index contributed by atoms with van der Waals surface area (Å²) in [4.78, 5) is 27.8. The van der Waals surface area contributed by atoms with E-state index in [-0.39, 0.29) is 18.2 Å². The van der Waals surface area contributed by atoms with Crippen LogP contribution in [0.1, 0.15) is 37.0 Å². The van der Waals surface area contributed by atoms with Gasteiger partial charge in [0.2, 0.25) is 5.91 Å². The Balaban J connectivity index is 2.55. The van der Waals surface area contributed by atoms with E-state index in [2.05, 4.69) is 36.9 Å². The number of hydrogen-bond donors (Lipinski definition) is 3. The zero-order chi connectivity index (χ0) is 15.7. The first-order chi connectivity index (χ1) is 10.1. The number of pyridine rings is 1. The number of rotatable bonds is 8. The lowest BCUT2D eigenvalue weighted by molar-refractivity contribution is -0.120. The quantitative estimate of drug-likeness (QED) is 0.664. The topological polar surface area (TPSA) is 83.1 Å². The third kappa shape index (κ3) is 6.12. The van der Waals surface area contributed by atoms with E-state index < -0.39 is 0 Å². The van der Waals surface area contributed by atoms with Gasteiger partial charge in [-0.1, -0.05) is 6.92 Å². The van der Waals surface area contributed by atoms with Gasteiger partial charge in [-0.2, -0.15) is 0 Å². The Hall–Kier alpha value is -1.63. The lowest BCUT2D eigenvalue weighted by atomic mass is 10.2. The molecule has 0 radical (unpaired) electrons. The highest BCUT2D eigenvalue weighted by Crippen LogP contribution is 2.17. The lowest BCUT2D eigenvalue weighted by Crippen LogP contribution is -2.31. The SMILES string of the molecule is CCCNC(=O)CCNC(=O)c1cc(Br)cnc1NCC. The van der Waals surface area contributed by atoms with Crippen molar-refractivity contribution in [2.45, 2.75) is 26.7 Å². The van der Waals surface area contributed by atoms with Crippen molar-refractivity contribution in [2.75, 3.05) is 25.0 Å². The molecule has 116 valence electrons. The number of amides is 2. The second-order valence-corrected chi connectivity index (χ2v) is 5.35. The van der Waals surface area contributed by atoms with Crippen molar-refractivity contribution in [1.29, 1.82) is 0 Å². The molecule has 1 aromatic heterocycles. The first-order valence-corrected chi connectivity index (χ1v) is 7.82. The second kappa shape index (κ2) is 9.33. The number of nitrogens with one attached hydrogen (secondary N) is 3. The van der Waals surface area contributed by atoms with E-state index >= 15 is 0 Å². The van der Waals surface area contributed by atoms with E-state index in [4.69, 9.17) is 0 Å². The van der Waals surface area contributed by atoms with Crippen molar-refractivity contribution < 1.29 is 9.59 Å². The van der Waals surface area contributed by atoms with Crippen molar-refractivity contribution in [3.8, 4) is 0 Å². The molecule has 0 aliphatic heterocycles. The molecule has 0 bridgehead atoms. The molecule has 0 fully saturated rings. The molecule has 0 atom stereocenters. The summed E-state index contributed by atoms with van der Waals surface area (Å²) in [7, 11) is 0. The summed E-state index contributed by atoms with van der Waals surface area (Å²) >= 11 is 3.30. The highest BCUT2D eigenvalue weighted by molar-refractivity contribution is 9.10. The third-order valence-corrected chi connectivity index (χ3v) is 3.09. The van der Waals surface area contributed by atoms with Crippen LogP contribution in [-0.2, 0) is 4.79 Å². The fraction of sp³-hybridized carbons (Fsp3) is 0.500. The summed E-state index contributed by atoms with van der Waals surface area (Å²) in [6.45, 7) is 5.56. The highest BCUT2D eigenvalue weighted by Gasteiger charge is 2.13. The minimum absolute atomic E-state index is 0.0589. The fourth-order valence-electron chi connectivity index (χ4n) is 1.66. The zero-order valence-electron chi connectivity index (χ0n) is 12.3. The summed E-state index contributed by atoms with van der Waals surface area (Å²) in [6.07, 6.45) is 2.80. The van der Waals surface area contributed by atoms with Crippen LogP contribution in [0.25, 0.3) is 0 Å².